The second-order valence-corrected chi connectivity index (χ2v) is 8.80. The molecule has 3 aromatic rings. The van der Waals surface area contributed by atoms with Crippen LogP contribution in [0.3, 0.4) is 0 Å². The van der Waals surface area contributed by atoms with Crippen molar-refractivity contribution in [2.45, 2.75) is 17.7 Å². The van der Waals surface area contributed by atoms with Gasteiger partial charge in [0.05, 0.1) is 16.3 Å². The minimum Gasteiger partial charge on any atom is -0.302 e. The van der Waals surface area contributed by atoms with Gasteiger partial charge in [0.1, 0.15) is 5.82 Å². The Kier molecular flexibility index (Phi) is 5.98. The molecule has 0 bridgehead atoms. The van der Waals surface area contributed by atoms with Crippen LogP contribution in [0.25, 0.3) is 11.3 Å². The van der Waals surface area contributed by atoms with Crippen molar-refractivity contribution in [3.05, 3.63) is 65.8 Å². The van der Waals surface area contributed by atoms with Crippen LogP contribution in [-0.4, -0.2) is 25.1 Å². The normalized spacial score (nSPS) is 11.3. The highest BCUT2D eigenvalue weighted by molar-refractivity contribution is 7.91. The van der Waals surface area contributed by atoms with Crippen LogP contribution < -0.4 is 5.32 Å². The highest BCUT2D eigenvalue weighted by Crippen LogP contribution is 2.24. The van der Waals surface area contributed by atoms with Crippen LogP contribution >= 0.6 is 11.3 Å². The smallest absolute Gasteiger partial charge is 0.226 e. The Morgan fingerprint density at radius 1 is 1.07 bits per heavy atom. The molecule has 0 saturated heterocycles. The molecule has 140 valence electrons. The van der Waals surface area contributed by atoms with Gasteiger partial charge in [-0.25, -0.2) is 17.8 Å². The average Bonchev–Trinajstić information content (AvgIpc) is 3.11. The van der Waals surface area contributed by atoms with Gasteiger partial charge in [-0.3, -0.25) is 4.79 Å². The topological polar surface area (TPSA) is 76.1 Å². The molecular formula is C19H17FN2O3S2. The summed E-state index contributed by atoms with van der Waals surface area (Å²) in [5, 5.41) is 5.01. The highest BCUT2D eigenvalue weighted by atomic mass is 32.2. The van der Waals surface area contributed by atoms with Crippen molar-refractivity contribution in [1.29, 1.82) is 0 Å². The molecule has 0 fully saturated rings. The molecule has 1 heterocycles. The van der Waals surface area contributed by atoms with Gasteiger partial charge in [0.2, 0.25) is 5.91 Å². The number of hydrogen-bond acceptors (Lipinski definition) is 5. The van der Waals surface area contributed by atoms with Gasteiger partial charge in [0.15, 0.2) is 15.0 Å². The van der Waals surface area contributed by atoms with Gasteiger partial charge in [-0.1, -0.05) is 30.3 Å². The number of thiazole rings is 1. The number of carbonyl (C=O) groups excluding carboxylic acids is 1. The standard InChI is InChI=1S/C19H17FN2O3S2/c20-15-8-10-16(11-9-15)27(24,25)12-4-7-18(23)22-19-21-17(13-26-19)14-5-2-1-3-6-14/h1-3,5-6,8-11,13H,4,7,12H2,(H,21,22,23). The van der Waals surface area contributed by atoms with E-state index in [2.05, 4.69) is 10.3 Å². The molecule has 0 spiro atoms. The Bertz CT molecular complexity index is 1020. The fraction of sp³-hybridized carbons (Fsp3) is 0.158. The maximum absolute atomic E-state index is 12.9. The molecule has 0 unspecified atom stereocenters. The van der Waals surface area contributed by atoms with Gasteiger partial charge in [0.25, 0.3) is 0 Å². The third-order valence-electron chi connectivity index (χ3n) is 3.81. The first-order chi connectivity index (χ1) is 12.9. The fourth-order valence-corrected chi connectivity index (χ4v) is 4.48. The van der Waals surface area contributed by atoms with Gasteiger partial charge < -0.3 is 5.32 Å². The van der Waals surface area contributed by atoms with E-state index >= 15 is 0 Å². The number of hydrogen-bond donors (Lipinski definition) is 1. The van der Waals surface area contributed by atoms with E-state index in [1.807, 2.05) is 35.7 Å². The van der Waals surface area contributed by atoms with Crippen LogP contribution in [0.2, 0.25) is 0 Å². The first-order valence-electron chi connectivity index (χ1n) is 8.23. The summed E-state index contributed by atoms with van der Waals surface area (Å²) in [5.41, 5.74) is 1.73. The maximum Gasteiger partial charge on any atom is 0.226 e. The number of halogens is 1. The zero-order valence-electron chi connectivity index (χ0n) is 14.3. The van der Waals surface area contributed by atoms with Gasteiger partial charge in [-0.05, 0) is 30.7 Å². The molecular weight excluding hydrogens is 387 g/mol. The van der Waals surface area contributed by atoms with E-state index < -0.39 is 15.7 Å². The van der Waals surface area contributed by atoms with Crippen LogP contribution in [0, 0.1) is 5.82 Å². The first-order valence-corrected chi connectivity index (χ1v) is 10.8. The van der Waals surface area contributed by atoms with Gasteiger partial charge in [-0.15, -0.1) is 11.3 Å². The van der Waals surface area contributed by atoms with Gasteiger partial charge >= 0.3 is 0 Å². The minimum absolute atomic E-state index is 0.0525. The lowest BCUT2D eigenvalue weighted by molar-refractivity contribution is -0.116. The summed E-state index contributed by atoms with van der Waals surface area (Å²) in [6, 6.07) is 14.3. The Labute approximate surface area is 160 Å². The minimum atomic E-state index is -3.54. The van der Waals surface area contributed by atoms with Crippen molar-refractivity contribution in [3.63, 3.8) is 0 Å². The van der Waals surface area contributed by atoms with E-state index in [1.165, 1.54) is 23.5 Å². The van der Waals surface area contributed by atoms with E-state index in [-0.39, 0.29) is 29.4 Å². The van der Waals surface area contributed by atoms with E-state index in [0.29, 0.717) is 5.13 Å². The average molecular weight is 404 g/mol. The summed E-state index contributed by atoms with van der Waals surface area (Å²) in [5.74, 6) is -0.968. The molecule has 1 N–H and O–H groups in total. The predicted molar refractivity (Wildman–Crippen MR) is 104 cm³/mol. The summed E-state index contributed by atoms with van der Waals surface area (Å²) in [6.45, 7) is 0. The predicted octanol–water partition coefficient (Wildman–Crippen LogP) is 4.14. The fourth-order valence-electron chi connectivity index (χ4n) is 2.44. The summed E-state index contributed by atoms with van der Waals surface area (Å²) in [6.07, 6.45) is 0.225. The van der Waals surface area contributed by atoms with Crippen molar-refractivity contribution in [1.82, 2.24) is 4.98 Å². The molecule has 0 atom stereocenters. The quantitative estimate of drug-likeness (QED) is 0.601. The number of anilines is 1. The third-order valence-corrected chi connectivity index (χ3v) is 6.38. The Morgan fingerprint density at radius 2 is 1.78 bits per heavy atom. The second-order valence-electron chi connectivity index (χ2n) is 5.83. The molecule has 2 aromatic carbocycles. The van der Waals surface area contributed by atoms with E-state index in [9.17, 15) is 17.6 Å². The lowest BCUT2D eigenvalue weighted by Crippen LogP contribution is -2.14. The summed E-state index contributed by atoms with van der Waals surface area (Å²) in [7, 11) is -3.54. The van der Waals surface area contributed by atoms with Gasteiger partial charge in [-0.2, -0.15) is 0 Å². The van der Waals surface area contributed by atoms with Crippen LogP contribution in [0.15, 0.2) is 64.9 Å². The number of sulfone groups is 1. The number of nitrogens with zero attached hydrogens (tertiary/aromatic N) is 1. The number of aromatic nitrogens is 1. The molecule has 1 amide bonds. The van der Waals surface area contributed by atoms with Crippen LogP contribution in [0.4, 0.5) is 9.52 Å². The number of nitrogens with one attached hydrogen (secondary N) is 1. The molecule has 3 rings (SSSR count). The third kappa shape index (κ3) is 5.21. The summed E-state index contributed by atoms with van der Waals surface area (Å²) < 4.78 is 37.3. The van der Waals surface area contributed by atoms with E-state index in [0.717, 1.165) is 23.4 Å². The van der Waals surface area contributed by atoms with E-state index in [1.54, 1.807) is 0 Å². The Morgan fingerprint density at radius 3 is 2.48 bits per heavy atom. The molecule has 5 nitrogen and oxygen atoms in total. The Hall–Kier alpha value is -2.58. The van der Waals surface area contributed by atoms with Crippen molar-refractivity contribution in [2.75, 3.05) is 11.1 Å². The largest absolute Gasteiger partial charge is 0.302 e. The molecule has 0 radical (unpaired) electrons. The zero-order chi connectivity index (χ0) is 19.3. The lowest BCUT2D eigenvalue weighted by Gasteiger charge is -2.05. The summed E-state index contributed by atoms with van der Waals surface area (Å²) in [4.78, 5) is 16.5. The molecule has 0 aliphatic rings. The molecule has 0 aliphatic heterocycles. The highest BCUT2D eigenvalue weighted by Gasteiger charge is 2.15. The number of benzene rings is 2. The summed E-state index contributed by atoms with van der Waals surface area (Å²) >= 11 is 1.31. The molecule has 1 aromatic heterocycles. The van der Waals surface area contributed by atoms with Crippen molar-refractivity contribution < 1.29 is 17.6 Å². The molecule has 0 aliphatic carbocycles. The molecule has 0 saturated carbocycles. The molecule has 8 heteroatoms. The van der Waals surface area contributed by atoms with Crippen LogP contribution in [0.1, 0.15) is 12.8 Å². The number of amides is 1. The van der Waals surface area contributed by atoms with E-state index in [4.69, 9.17) is 0 Å². The van der Waals surface area contributed by atoms with Gasteiger partial charge in [0, 0.05) is 17.4 Å². The van der Waals surface area contributed by atoms with Crippen molar-refractivity contribution >= 4 is 32.2 Å². The number of rotatable bonds is 7. The maximum atomic E-state index is 12.9. The molecule has 27 heavy (non-hydrogen) atoms. The van der Waals surface area contributed by atoms with Crippen molar-refractivity contribution in [3.8, 4) is 11.3 Å². The number of carbonyl (C=O) groups is 1. The second kappa shape index (κ2) is 8.41. The SMILES string of the molecule is O=C(CCCS(=O)(=O)c1ccc(F)cc1)Nc1nc(-c2ccccc2)cs1. The van der Waals surface area contributed by atoms with Crippen molar-refractivity contribution in [2.24, 2.45) is 0 Å². The zero-order valence-corrected chi connectivity index (χ0v) is 15.9. The monoisotopic (exact) mass is 404 g/mol. The van der Waals surface area contributed by atoms with Crippen LogP contribution in [-0.2, 0) is 14.6 Å². The Balaban J connectivity index is 1.51. The lowest BCUT2D eigenvalue weighted by atomic mass is 10.2. The first kappa shape index (κ1) is 19.2. The van der Waals surface area contributed by atoms with Crippen LogP contribution in [0.5, 0.6) is 0 Å².